The first-order chi connectivity index (χ1) is 17.7. The highest BCUT2D eigenvalue weighted by atomic mass is 35.5. The molecule has 4 rings (SSSR count). The maximum Gasteiger partial charge on any atom is 0.315 e. The van der Waals surface area contributed by atoms with Crippen molar-refractivity contribution in [2.75, 3.05) is 0 Å². The van der Waals surface area contributed by atoms with Crippen molar-refractivity contribution >= 4 is 29.3 Å². The van der Waals surface area contributed by atoms with Gasteiger partial charge in [0.05, 0.1) is 0 Å². The number of alkyl halides is 2. The van der Waals surface area contributed by atoms with Gasteiger partial charge < -0.3 is 15.5 Å². The highest BCUT2D eigenvalue weighted by molar-refractivity contribution is 6.31. The summed E-state index contributed by atoms with van der Waals surface area (Å²) in [4.78, 5) is 38.9. The second-order valence-corrected chi connectivity index (χ2v) is 8.73. The van der Waals surface area contributed by atoms with Gasteiger partial charge in [0.15, 0.2) is 0 Å². The number of rotatable bonds is 8. The number of halogens is 5. The normalized spacial score (nSPS) is 14.6. The van der Waals surface area contributed by atoms with Crippen molar-refractivity contribution in [2.45, 2.75) is 32.1 Å². The van der Waals surface area contributed by atoms with Crippen LogP contribution in [0.4, 0.5) is 17.6 Å². The molecule has 1 aliphatic heterocycles. The Morgan fingerprint density at radius 1 is 0.946 bits per heavy atom. The molecule has 1 unspecified atom stereocenters. The van der Waals surface area contributed by atoms with Gasteiger partial charge in [-0.25, -0.2) is 8.78 Å². The van der Waals surface area contributed by atoms with E-state index >= 15 is 0 Å². The van der Waals surface area contributed by atoms with E-state index in [1.165, 1.54) is 29.2 Å². The number of carbonyl (C=O) groups is 3. The Morgan fingerprint density at radius 3 is 2.43 bits per heavy atom. The van der Waals surface area contributed by atoms with Gasteiger partial charge in [-0.2, -0.15) is 8.78 Å². The predicted molar refractivity (Wildman–Crippen MR) is 127 cm³/mol. The van der Waals surface area contributed by atoms with Crippen molar-refractivity contribution in [3.05, 3.63) is 105 Å². The second kappa shape index (κ2) is 11.0. The maximum absolute atomic E-state index is 14.1. The van der Waals surface area contributed by atoms with Gasteiger partial charge in [-0.05, 0) is 47.0 Å². The molecule has 1 aliphatic rings. The molecule has 0 spiro atoms. The lowest BCUT2D eigenvalue weighted by atomic mass is 10.0. The summed E-state index contributed by atoms with van der Waals surface area (Å²) < 4.78 is 52.4. The van der Waals surface area contributed by atoms with Crippen LogP contribution in [0.1, 0.15) is 38.7 Å². The fourth-order valence-electron chi connectivity index (χ4n) is 4.07. The molecular formula is C26H20ClF4N3O3. The Hall–Kier alpha value is -3.92. The van der Waals surface area contributed by atoms with Gasteiger partial charge in [0, 0.05) is 35.8 Å². The number of benzene rings is 3. The monoisotopic (exact) mass is 533 g/mol. The summed E-state index contributed by atoms with van der Waals surface area (Å²) in [5.41, 5.74) is 1.70. The van der Waals surface area contributed by atoms with Gasteiger partial charge in [0.2, 0.25) is 5.91 Å². The Labute approximate surface area is 214 Å². The number of carbonyl (C=O) groups excluding carboxylic acids is 3. The standard InChI is InChI=1S/C26H20ClF4N3O3/c27-20-10-17(28)7-6-15(20)13-34-22(18-3-1-2-4-19(18)26(34)37)24(35)32-11-14-5-8-21(29)16(9-14)12-33-25(36)23(30)31/h1-10,22-23H,11-13H2,(H,32,35)(H,33,36). The summed E-state index contributed by atoms with van der Waals surface area (Å²) in [5, 5.41) is 4.76. The van der Waals surface area contributed by atoms with Crippen LogP contribution in [-0.2, 0) is 29.2 Å². The molecule has 3 aromatic rings. The number of hydrogen-bond donors (Lipinski definition) is 2. The number of amides is 3. The van der Waals surface area contributed by atoms with E-state index in [1.807, 2.05) is 5.32 Å². The predicted octanol–water partition coefficient (Wildman–Crippen LogP) is 4.51. The Bertz CT molecular complexity index is 1370. The third-order valence-corrected chi connectivity index (χ3v) is 6.24. The molecule has 0 saturated heterocycles. The van der Waals surface area contributed by atoms with E-state index in [0.717, 1.165) is 12.1 Å². The molecule has 192 valence electrons. The molecule has 0 fully saturated rings. The molecule has 0 aliphatic carbocycles. The molecule has 6 nitrogen and oxygen atoms in total. The maximum atomic E-state index is 14.1. The van der Waals surface area contributed by atoms with Crippen LogP contribution in [0.25, 0.3) is 0 Å². The van der Waals surface area contributed by atoms with Crippen molar-refractivity contribution in [1.82, 2.24) is 15.5 Å². The summed E-state index contributed by atoms with van der Waals surface area (Å²) in [6, 6.07) is 13.2. The lowest BCUT2D eigenvalue weighted by Gasteiger charge is -2.25. The molecule has 1 atom stereocenters. The number of fused-ring (bicyclic) bond motifs is 1. The third kappa shape index (κ3) is 5.75. The first kappa shape index (κ1) is 26.2. The number of nitrogens with one attached hydrogen (secondary N) is 2. The SMILES string of the molecule is O=C(NCc1cc(CNC(=O)C2c3ccccc3C(=O)N2Cc2ccc(F)cc2Cl)ccc1F)C(F)F. The van der Waals surface area contributed by atoms with E-state index in [1.54, 1.807) is 24.3 Å². The summed E-state index contributed by atoms with van der Waals surface area (Å²) in [7, 11) is 0. The molecule has 3 amide bonds. The molecule has 11 heteroatoms. The van der Waals surface area contributed by atoms with Crippen LogP contribution in [0, 0.1) is 11.6 Å². The quantitative estimate of drug-likeness (QED) is 0.418. The van der Waals surface area contributed by atoms with Crippen LogP contribution < -0.4 is 10.6 Å². The minimum absolute atomic E-state index is 0.0327. The molecule has 2 N–H and O–H groups in total. The van der Waals surface area contributed by atoms with Crippen molar-refractivity contribution in [1.29, 1.82) is 0 Å². The number of hydrogen-bond acceptors (Lipinski definition) is 3. The van der Waals surface area contributed by atoms with E-state index in [-0.39, 0.29) is 23.7 Å². The number of nitrogens with zero attached hydrogens (tertiary/aromatic N) is 1. The van der Waals surface area contributed by atoms with Crippen LogP contribution in [0.2, 0.25) is 5.02 Å². The van der Waals surface area contributed by atoms with E-state index in [2.05, 4.69) is 5.32 Å². The van der Waals surface area contributed by atoms with Gasteiger partial charge in [-0.3, -0.25) is 14.4 Å². The van der Waals surface area contributed by atoms with Crippen molar-refractivity contribution in [3.8, 4) is 0 Å². The smallest absolute Gasteiger partial charge is 0.315 e. The second-order valence-electron chi connectivity index (χ2n) is 8.32. The molecule has 3 aromatic carbocycles. The Kier molecular flexibility index (Phi) is 7.77. The molecule has 0 radical (unpaired) electrons. The molecule has 0 aromatic heterocycles. The summed E-state index contributed by atoms with van der Waals surface area (Å²) in [6.45, 7) is -0.560. The fourth-order valence-corrected chi connectivity index (χ4v) is 4.30. The zero-order valence-corrected chi connectivity index (χ0v) is 19.9. The minimum atomic E-state index is -3.23. The van der Waals surface area contributed by atoms with Gasteiger partial charge in [0.25, 0.3) is 11.8 Å². The van der Waals surface area contributed by atoms with E-state index in [0.29, 0.717) is 22.3 Å². The van der Waals surface area contributed by atoms with Crippen molar-refractivity contribution in [3.63, 3.8) is 0 Å². The fraction of sp³-hybridized carbons (Fsp3) is 0.192. The van der Waals surface area contributed by atoms with Gasteiger partial charge in [0.1, 0.15) is 17.7 Å². The van der Waals surface area contributed by atoms with E-state index < -0.39 is 48.4 Å². The minimum Gasteiger partial charge on any atom is -0.350 e. The Balaban J connectivity index is 1.52. The van der Waals surface area contributed by atoms with Crippen molar-refractivity contribution in [2.24, 2.45) is 0 Å². The largest absolute Gasteiger partial charge is 0.350 e. The van der Waals surface area contributed by atoms with Crippen LogP contribution in [0.15, 0.2) is 60.7 Å². The average molecular weight is 534 g/mol. The third-order valence-electron chi connectivity index (χ3n) is 5.89. The first-order valence-electron chi connectivity index (χ1n) is 11.1. The summed E-state index contributed by atoms with van der Waals surface area (Å²) in [6.07, 6.45) is -3.23. The van der Waals surface area contributed by atoms with E-state index in [4.69, 9.17) is 11.6 Å². The highest BCUT2D eigenvalue weighted by Gasteiger charge is 2.41. The molecule has 1 heterocycles. The van der Waals surface area contributed by atoms with Crippen LogP contribution in [0.5, 0.6) is 0 Å². The zero-order valence-electron chi connectivity index (χ0n) is 19.1. The summed E-state index contributed by atoms with van der Waals surface area (Å²) in [5.74, 6) is -3.68. The van der Waals surface area contributed by atoms with Gasteiger partial charge in [-0.1, -0.05) is 41.9 Å². The van der Waals surface area contributed by atoms with E-state index in [9.17, 15) is 31.9 Å². The highest BCUT2D eigenvalue weighted by Crippen LogP contribution is 2.36. The topological polar surface area (TPSA) is 78.5 Å². The van der Waals surface area contributed by atoms with Gasteiger partial charge in [-0.15, -0.1) is 0 Å². The lowest BCUT2D eigenvalue weighted by molar-refractivity contribution is -0.131. The van der Waals surface area contributed by atoms with Crippen LogP contribution in [0.3, 0.4) is 0 Å². The molecule has 0 saturated carbocycles. The summed E-state index contributed by atoms with van der Waals surface area (Å²) >= 11 is 6.15. The first-order valence-corrected chi connectivity index (χ1v) is 11.5. The zero-order chi connectivity index (χ0) is 26.7. The van der Waals surface area contributed by atoms with Crippen LogP contribution in [-0.4, -0.2) is 29.0 Å². The Morgan fingerprint density at radius 2 is 1.70 bits per heavy atom. The molecular weight excluding hydrogens is 514 g/mol. The lowest BCUT2D eigenvalue weighted by Crippen LogP contribution is -2.38. The molecule has 37 heavy (non-hydrogen) atoms. The average Bonchev–Trinajstić information content (AvgIpc) is 3.15. The molecule has 0 bridgehead atoms. The van der Waals surface area contributed by atoms with Crippen molar-refractivity contribution < 1.29 is 31.9 Å². The van der Waals surface area contributed by atoms with Crippen LogP contribution >= 0.6 is 11.6 Å². The van der Waals surface area contributed by atoms with Gasteiger partial charge >= 0.3 is 6.43 Å².